The van der Waals surface area contributed by atoms with Gasteiger partial charge in [0.05, 0.1) is 16.9 Å². The Morgan fingerprint density at radius 1 is 1.05 bits per heavy atom. The van der Waals surface area contributed by atoms with Crippen LogP contribution in [0.25, 0.3) is 0 Å². The van der Waals surface area contributed by atoms with Crippen molar-refractivity contribution in [2.45, 2.75) is 52.2 Å². The van der Waals surface area contributed by atoms with Crippen LogP contribution >= 0.6 is 11.6 Å². The van der Waals surface area contributed by atoms with Gasteiger partial charge in [0.25, 0.3) is 5.69 Å². The van der Waals surface area contributed by atoms with Gasteiger partial charge < -0.3 is 10.2 Å². The number of anilines is 1. The highest BCUT2D eigenvalue weighted by Gasteiger charge is 2.34. The molecule has 2 atom stereocenters. The van der Waals surface area contributed by atoms with Crippen LogP contribution in [-0.2, 0) is 32.6 Å². The minimum Gasteiger partial charge on any atom is -0.352 e. The Kier molecular flexibility index (Phi) is 11.1. The van der Waals surface area contributed by atoms with Crippen molar-refractivity contribution in [2.24, 2.45) is 0 Å². The second-order valence-electron chi connectivity index (χ2n) is 10.1. The maximum atomic E-state index is 14.2. The van der Waals surface area contributed by atoms with Crippen LogP contribution in [0.1, 0.15) is 37.0 Å². The summed E-state index contributed by atoms with van der Waals surface area (Å²) >= 11 is 6.46. The first-order valence-corrected chi connectivity index (χ1v) is 15.6. The summed E-state index contributed by atoms with van der Waals surface area (Å²) in [5.74, 6) is -1.07. The molecule has 0 aliphatic carbocycles. The van der Waals surface area contributed by atoms with E-state index in [1.165, 1.54) is 17.0 Å². The molecule has 1 N–H and O–H groups in total. The molecule has 0 aliphatic rings. The van der Waals surface area contributed by atoms with E-state index in [0.717, 1.165) is 22.2 Å². The zero-order valence-electron chi connectivity index (χ0n) is 24.0. The van der Waals surface area contributed by atoms with Crippen LogP contribution in [0.15, 0.2) is 72.8 Å². The van der Waals surface area contributed by atoms with Crippen LogP contribution in [0.5, 0.6) is 0 Å². The number of carbonyl (C=O) groups is 2. The van der Waals surface area contributed by atoms with Gasteiger partial charge in [-0.05, 0) is 43.0 Å². The molecule has 0 bridgehead atoms. The molecule has 0 radical (unpaired) electrons. The topological polar surface area (TPSA) is 130 Å². The summed E-state index contributed by atoms with van der Waals surface area (Å²) in [5, 5.41) is 14.8. The minimum absolute atomic E-state index is 0.00131. The Labute approximate surface area is 251 Å². The smallest absolute Gasteiger partial charge is 0.271 e. The maximum absolute atomic E-state index is 14.2. The van der Waals surface area contributed by atoms with Gasteiger partial charge in [-0.3, -0.25) is 24.0 Å². The number of non-ortho nitro benzene ring substituents is 1. The van der Waals surface area contributed by atoms with Gasteiger partial charge in [0.1, 0.15) is 12.6 Å². The highest BCUT2D eigenvalue weighted by molar-refractivity contribution is 7.92. The molecule has 0 saturated carbocycles. The van der Waals surface area contributed by atoms with E-state index in [1.807, 2.05) is 44.2 Å². The number of nitro benzene ring substituents is 1. The summed E-state index contributed by atoms with van der Waals surface area (Å²) in [6, 6.07) is 18.7. The van der Waals surface area contributed by atoms with E-state index in [9.17, 15) is 28.1 Å². The van der Waals surface area contributed by atoms with Gasteiger partial charge in [-0.1, -0.05) is 73.1 Å². The van der Waals surface area contributed by atoms with E-state index in [4.69, 9.17) is 11.6 Å². The summed E-state index contributed by atoms with van der Waals surface area (Å²) in [6.07, 6.45) is 1.75. The molecule has 12 heteroatoms. The number of hydrogen-bond donors (Lipinski definition) is 1. The third kappa shape index (κ3) is 8.53. The molecule has 3 aromatic rings. The zero-order valence-corrected chi connectivity index (χ0v) is 25.6. The van der Waals surface area contributed by atoms with Gasteiger partial charge in [0.15, 0.2) is 0 Å². The lowest BCUT2D eigenvalue weighted by atomic mass is 10.0. The molecule has 0 saturated heterocycles. The fourth-order valence-electron chi connectivity index (χ4n) is 4.38. The number of nitrogens with zero attached hydrogens (tertiary/aromatic N) is 3. The molecule has 3 rings (SSSR count). The number of nitrogens with one attached hydrogen (secondary N) is 1. The molecule has 42 heavy (non-hydrogen) atoms. The van der Waals surface area contributed by atoms with E-state index in [2.05, 4.69) is 5.32 Å². The highest BCUT2D eigenvalue weighted by atomic mass is 35.5. The number of rotatable bonds is 13. The molecule has 0 spiro atoms. The molecule has 0 heterocycles. The van der Waals surface area contributed by atoms with Crippen molar-refractivity contribution in [3.05, 3.63) is 105 Å². The molecular weight excluding hydrogens is 580 g/mol. The van der Waals surface area contributed by atoms with E-state index in [-0.39, 0.29) is 30.4 Å². The second kappa shape index (κ2) is 14.3. The Morgan fingerprint density at radius 3 is 2.29 bits per heavy atom. The van der Waals surface area contributed by atoms with Crippen molar-refractivity contribution in [1.82, 2.24) is 10.2 Å². The number of hydrogen-bond acceptors (Lipinski definition) is 6. The van der Waals surface area contributed by atoms with Crippen molar-refractivity contribution in [2.75, 3.05) is 17.1 Å². The van der Waals surface area contributed by atoms with Crippen molar-refractivity contribution in [3.8, 4) is 0 Å². The van der Waals surface area contributed by atoms with E-state index in [1.54, 1.807) is 31.2 Å². The number of carbonyl (C=O) groups excluding carboxylic acids is 2. The lowest BCUT2D eigenvalue weighted by molar-refractivity contribution is -0.384. The normalized spacial score (nSPS) is 12.7. The standard InChI is InChI=1S/C30H35ClN4O6S/c1-5-22(3)32-30(37)28(17-23-11-7-6-8-12-23)33(19-24-13-9-10-14-26(24)31)29(36)20-34(42(4,40)41)27-18-25(35(38)39)16-15-21(27)2/h6-16,18,22,28H,5,17,19-20H2,1-4H3,(H,32,37)/t22-,28+/m1/s1. The number of halogens is 1. The van der Waals surface area contributed by atoms with Crippen LogP contribution in [0.3, 0.4) is 0 Å². The third-order valence-corrected chi connectivity index (χ3v) is 8.42. The van der Waals surface area contributed by atoms with Gasteiger partial charge in [-0.15, -0.1) is 0 Å². The van der Waals surface area contributed by atoms with Crippen molar-refractivity contribution >= 4 is 44.8 Å². The van der Waals surface area contributed by atoms with Crippen LogP contribution in [0.2, 0.25) is 5.02 Å². The SMILES string of the molecule is CC[C@@H](C)NC(=O)[C@H](Cc1ccccc1)N(Cc1ccccc1Cl)C(=O)CN(c1cc([N+](=O)[O-])ccc1C)S(C)(=O)=O. The number of benzene rings is 3. The Balaban J connectivity index is 2.12. The van der Waals surface area contributed by atoms with E-state index >= 15 is 0 Å². The zero-order chi connectivity index (χ0) is 31.0. The molecule has 224 valence electrons. The summed E-state index contributed by atoms with van der Waals surface area (Å²) in [7, 11) is -4.08. The average Bonchev–Trinajstić information content (AvgIpc) is 2.94. The molecule has 0 aliphatic heterocycles. The monoisotopic (exact) mass is 614 g/mol. The van der Waals surface area contributed by atoms with Crippen LogP contribution < -0.4 is 9.62 Å². The summed E-state index contributed by atoms with van der Waals surface area (Å²) in [5.41, 5.74) is 1.47. The van der Waals surface area contributed by atoms with Crippen LogP contribution in [0.4, 0.5) is 11.4 Å². The second-order valence-corrected chi connectivity index (χ2v) is 12.4. The first-order chi connectivity index (χ1) is 19.8. The lowest BCUT2D eigenvalue weighted by Crippen LogP contribution is -2.54. The fourth-order valence-corrected chi connectivity index (χ4v) is 5.47. The highest BCUT2D eigenvalue weighted by Crippen LogP contribution is 2.28. The predicted octanol–water partition coefficient (Wildman–Crippen LogP) is 4.88. The molecule has 10 nitrogen and oxygen atoms in total. The largest absolute Gasteiger partial charge is 0.352 e. The number of aryl methyl sites for hydroxylation is 1. The van der Waals surface area contributed by atoms with Gasteiger partial charge in [0.2, 0.25) is 21.8 Å². The molecule has 0 unspecified atom stereocenters. The maximum Gasteiger partial charge on any atom is 0.271 e. The number of nitro groups is 1. The summed E-state index contributed by atoms with van der Waals surface area (Å²) in [4.78, 5) is 40.0. The minimum atomic E-state index is -4.08. The van der Waals surface area contributed by atoms with E-state index in [0.29, 0.717) is 22.6 Å². The van der Waals surface area contributed by atoms with Crippen molar-refractivity contribution in [3.63, 3.8) is 0 Å². The third-order valence-electron chi connectivity index (χ3n) is 6.92. The van der Waals surface area contributed by atoms with Gasteiger partial charge in [-0.25, -0.2) is 8.42 Å². The van der Waals surface area contributed by atoms with Gasteiger partial charge in [0, 0.05) is 36.2 Å². The molecule has 0 aromatic heterocycles. The van der Waals surface area contributed by atoms with Gasteiger partial charge >= 0.3 is 0 Å². The van der Waals surface area contributed by atoms with Gasteiger partial charge in [-0.2, -0.15) is 0 Å². The van der Waals surface area contributed by atoms with E-state index < -0.39 is 39.3 Å². The summed E-state index contributed by atoms with van der Waals surface area (Å²) in [6.45, 7) is 4.62. The number of sulfonamides is 1. The Hall–Kier alpha value is -3.96. The van der Waals surface area contributed by atoms with Crippen molar-refractivity contribution in [1.29, 1.82) is 0 Å². The van der Waals surface area contributed by atoms with Crippen LogP contribution in [0, 0.1) is 17.0 Å². The molecular formula is C30H35ClN4O6S. The van der Waals surface area contributed by atoms with Crippen LogP contribution in [-0.4, -0.2) is 54.9 Å². The predicted molar refractivity (Wildman–Crippen MR) is 164 cm³/mol. The van der Waals surface area contributed by atoms with Crippen molar-refractivity contribution < 1.29 is 22.9 Å². The lowest BCUT2D eigenvalue weighted by Gasteiger charge is -2.34. The number of amides is 2. The average molecular weight is 615 g/mol. The molecule has 3 aromatic carbocycles. The first-order valence-electron chi connectivity index (χ1n) is 13.4. The molecule has 2 amide bonds. The Morgan fingerprint density at radius 2 is 1.69 bits per heavy atom. The quantitative estimate of drug-likeness (QED) is 0.216. The Bertz CT molecular complexity index is 1530. The molecule has 0 fully saturated rings. The first kappa shape index (κ1) is 32.6. The fraction of sp³-hybridized carbons (Fsp3) is 0.333. The summed E-state index contributed by atoms with van der Waals surface area (Å²) < 4.78 is 26.8.